The van der Waals surface area contributed by atoms with Gasteiger partial charge >= 0.3 is 0 Å². The number of amides is 1. The normalized spacial score (nSPS) is 23.7. The van der Waals surface area contributed by atoms with Crippen LogP contribution in [0.3, 0.4) is 0 Å². The van der Waals surface area contributed by atoms with E-state index >= 15 is 0 Å². The van der Waals surface area contributed by atoms with Crippen LogP contribution in [-0.4, -0.2) is 40.9 Å². The second-order valence-electron chi connectivity index (χ2n) is 4.30. The highest BCUT2D eigenvalue weighted by Crippen LogP contribution is 2.17. The zero-order valence-electron chi connectivity index (χ0n) is 9.45. The number of benzene rings is 1. The first kappa shape index (κ1) is 11.8. The van der Waals surface area contributed by atoms with Crippen LogP contribution >= 0.6 is 0 Å². The molecule has 1 aliphatic heterocycles. The molecule has 0 unspecified atom stereocenters. The lowest BCUT2D eigenvalue weighted by Gasteiger charge is -2.20. The molecule has 1 N–H and O–H groups in total. The van der Waals surface area contributed by atoms with Gasteiger partial charge in [0.15, 0.2) is 0 Å². The van der Waals surface area contributed by atoms with E-state index in [0.717, 1.165) is 11.8 Å². The summed E-state index contributed by atoms with van der Waals surface area (Å²) in [5.41, 5.74) is 0.920. The summed E-state index contributed by atoms with van der Waals surface area (Å²) in [6.07, 6.45) is 0.783. The number of likely N-dealkylation sites (tertiary alicyclic amines) is 1. The number of aldehydes is 1. The monoisotopic (exact) mass is 233 g/mol. The molecule has 2 atom stereocenters. The molecule has 0 aliphatic carbocycles. The number of aliphatic hydroxyl groups excluding tert-OH is 1. The van der Waals surface area contributed by atoms with E-state index in [1.807, 2.05) is 30.3 Å². The quantitative estimate of drug-likeness (QED) is 0.768. The van der Waals surface area contributed by atoms with Crippen molar-refractivity contribution in [3.63, 3.8) is 0 Å². The largest absolute Gasteiger partial charge is 0.391 e. The van der Waals surface area contributed by atoms with Gasteiger partial charge in [-0.2, -0.15) is 0 Å². The average molecular weight is 233 g/mol. The van der Waals surface area contributed by atoms with Crippen LogP contribution in [-0.2, 0) is 16.0 Å². The highest BCUT2D eigenvalue weighted by atomic mass is 16.3. The van der Waals surface area contributed by atoms with E-state index in [1.54, 1.807) is 0 Å². The number of nitrogens with zero attached hydrogens (tertiary/aromatic N) is 1. The zero-order chi connectivity index (χ0) is 12.3. The van der Waals surface area contributed by atoms with Crippen LogP contribution in [0, 0.1) is 0 Å². The van der Waals surface area contributed by atoms with Crippen LogP contribution < -0.4 is 0 Å². The maximum atomic E-state index is 12.0. The van der Waals surface area contributed by atoms with Gasteiger partial charge in [0.2, 0.25) is 5.91 Å². The number of β-amino-alcohol motifs (C(OH)–C–C–N with tert-alkyl or cyclic N) is 1. The summed E-state index contributed by atoms with van der Waals surface area (Å²) in [7, 11) is 0. The molecule has 0 radical (unpaired) electrons. The Bertz CT molecular complexity index is 404. The number of rotatable bonds is 3. The van der Waals surface area contributed by atoms with Gasteiger partial charge in [-0.1, -0.05) is 30.3 Å². The molecule has 0 spiro atoms. The first-order valence-electron chi connectivity index (χ1n) is 5.67. The van der Waals surface area contributed by atoms with E-state index in [1.165, 1.54) is 4.90 Å². The molecular formula is C13H15NO3. The molecule has 1 aliphatic rings. The minimum absolute atomic E-state index is 0.107. The third kappa shape index (κ3) is 2.71. The van der Waals surface area contributed by atoms with Gasteiger partial charge < -0.3 is 14.8 Å². The molecular weight excluding hydrogens is 218 g/mol. The van der Waals surface area contributed by atoms with E-state index in [9.17, 15) is 14.7 Å². The van der Waals surface area contributed by atoms with Crippen LogP contribution in [0.5, 0.6) is 0 Å². The summed E-state index contributed by atoms with van der Waals surface area (Å²) in [4.78, 5) is 24.3. The van der Waals surface area contributed by atoms with E-state index in [0.29, 0.717) is 6.42 Å². The van der Waals surface area contributed by atoms with Crippen molar-refractivity contribution < 1.29 is 14.7 Å². The summed E-state index contributed by atoms with van der Waals surface area (Å²) in [6.45, 7) is 0.259. The molecule has 90 valence electrons. The van der Waals surface area contributed by atoms with Crippen molar-refractivity contribution in [2.24, 2.45) is 0 Å². The molecule has 0 aromatic heterocycles. The summed E-state index contributed by atoms with van der Waals surface area (Å²) in [5, 5.41) is 9.46. The topological polar surface area (TPSA) is 57.6 Å². The standard InChI is InChI=1S/C13H15NO3/c15-9-11-7-12(16)8-14(11)13(17)6-10-4-2-1-3-5-10/h1-5,9,11-12,16H,6-8H2/t11-,12+/m0/s1. The second kappa shape index (κ2) is 5.10. The Morgan fingerprint density at radius 3 is 2.76 bits per heavy atom. The first-order chi connectivity index (χ1) is 8.20. The summed E-state index contributed by atoms with van der Waals surface area (Å²) in [5.74, 6) is -0.107. The van der Waals surface area contributed by atoms with Gasteiger partial charge in [0.25, 0.3) is 0 Å². The van der Waals surface area contributed by atoms with Gasteiger partial charge in [-0.05, 0) is 5.56 Å². The fourth-order valence-corrected chi connectivity index (χ4v) is 2.13. The van der Waals surface area contributed by atoms with Crippen molar-refractivity contribution in [2.75, 3.05) is 6.54 Å². The molecule has 4 heteroatoms. The SMILES string of the molecule is O=C[C@@H]1C[C@@H](O)CN1C(=O)Cc1ccccc1. The second-order valence-corrected chi connectivity index (χ2v) is 4.30. The number of hydrogen-bond donors (Lipinski definition) is 1. The van der Waals surface area contributed by atoms with Crippen LogP contribution in [0.2, 0.25) is 0 Å². The third-order valence-corrected chi connectivity index (χ3v) is 3.00. The molecule has 0 bridgehead atoms. The number of hydrogen-bond acceptors (Lipinski definition) is 3. The fraction of sp³-hybridized carbons (Fsp3) is 0.385. The Labute approximate surface area is 99.9 Å². The van der Waals surface area contributed by atoms with Crippen LogP contribution in [0.25, 0.3) is 0 Å². The molecule has 2 rings (SSSR count). The molecule has 1 aromatic rings. The van der Waals surface area contributed by atoms with Crippen LogP contribution in [0.4, 0.5) is 0 Å². The maximum absolute atomic E-state index is 12.0. The number of carbonyl (C=O) groups excluding carboxylic acids is 2. The predicted molar refractivity (Wildman–Crippen MR) is 62.3 cm³/mol. The highest BCUT2D eigenvalue weighted by molar-refractivity contribution is 5.82. The smallest absolute Gasteiger partial charge is 0.227 e. The third-order valence-electron chi connectivity index (χ3n) is 3.00. The lowest BCUT2D eigenvalue weighted by atomic mass is 10.1. The number of aliphatic hydroxyl groups is 1. The van der Waals surface area contributed by atoms with Crippen molar-refractivity contribution >= 4 is 12.2 Å². The molecule has 1 saturated heterocycles. The Hall–Kier alpha value is -1.68. The molecule has 1 amide bonds. The van der Waals surface area contributed by atoms with E-state index in [2.05, 4.69) is 0 Å². The molecule has 4 nitrogen and oxygen atoms in total. The Morgan fingerprint density at radius 2 is 2.12 bits per heavy atom. The molecule has 17 heavy (non-hydrogen) atoms. The Balaban J connectivity index is 2.03. The Morgan fingerprint density at radius 1 is 1.41 bits per heavy atom. The summed E-state index contributed by atoms with van der Waals surface area (Å²) >= 11 is 0. The van der Waals surface area contributed by atoms with Crippen LogP contribution in [0.1, 0.15) is 12.0 Å². The van der Waals surface area contributed by atoms with E-state index < -0.39 is 12.1 Å². The zero-order valence-corrected chi connectivity index (χ0v) is 9.45. The van der Waals surface area contributed by atoms with Crippen molar-refractivity contribution in [2.45, 2.75) is 25.0 Å². The fourth-order valence-electron chi connectivity index (χ4n) is 2.13. The molecule has 1 aromatic carbocycles. The van der Waals surface area contributed by atoms with Gasteiger partial charge in [-0.25, -0.2) is 0 Å². The maximum Gasteiger partial charge on any atom is 0.227 e. The Kier molecular flexibility index (Phi) is 3.54. The number of carbonyl (C=O) groups is 2. The van der Waals surface area contributed by atoms with E-state index in [4.69, 9.17) is 0 Å². The van der Waals surface area contributed by atoms with Crippen molar-refractivity contribution in [3.8, 4) is 0 Å². The molecule has 0 saturated carbocycles. The van der Waals surface area contributed by atoms with Crippen molar-refractivity contribution in [1.82, 2.24) is 4.90 Å². The first-order valence-corrected chi connectivity index (χ1v) is 5.67. The van der Waals surface area contributed by atoms with Crippen molar-refractivity contribution in [3.05, 3.63) is 35.9 Å². The van der Waals surface area contributed by atoms with Crippen molar-refractivity contribution in [1.29, 1.82) is 0 Å². The van der Waals surface area contributed by atoms with Gasteiger partial charge in [0.1, 0.15) is 6.29 Å². The van der Waals surface area contributed by atoms with E-state index in [-0.39, 0.29) is 18.9 Å². The predicted octanol–water partition coefficient (Wildman–Crippen LogP) is 0.390. The highest BCUT2D eigenvalue weighted by Gasteiger charge is 2.33. The molecule has 1 fully saturated rings. The van der Waals surface area contributed by atoms with Gasteiger partial charge in [-0.15, -0.1) is 0 Å². The minimum atomic E-state index is -0.579. The summed E-state index contributed by atoms with van der Waals surface area (Å²) in [6, 6.07) is 8.92. The molecule has 1 heterocycles. The van der Waals surface area contributed by atoms with Crippen LogP contribution in [0.15, 0.2) is 30.3 Å². The lowest BCUT2D eigenvalue weighted by molar-refractivity contribution is -0.134. The van der Waals surface area contributed by atoms with Gasteiger partial charge in [-0.3, -0.25) is 4.79 Å². The van der Waals surface area contributed by atoms with Gasteiger partial charge in [0, 0.05) is 13.0 Å². The average Bonchev–Trinajstić information content (AvgIpc) is 2.72. The van der Waals surface area contributed by atoms with Gasteiger partial charge in [0.05, 0.1) is 18.6 Å². The summed E-state index contributed by atoms with van der Waals surface area (Å²) < 4.78 is 0. The lowest BCUT2D eigenvalue weighted by Crippen LogP contribution is -2.37. The minimum Gasteiger partial charge on any atom is -0.391 e.